The Morgan fingerprint density at radius 1 is 1.09 bits per heavy atom. The van der Waals surface area contributed by atoms with E-state index in [1.54, 1.807) is 0 Å². The molecule has 11 heteroatoms. The second kappa shape index (κ2) is 8.05. The number of nitrogens with zero attached hydrogens (tertiary/aromatic N) is 5. The summed E-state index contributed by atoms with van der Waals surface area (Å²) in [4.78, 5) is 20.9. The molecule has 174 valence electrons. The molecule has 2 fully saturated rings. The zero-order valence-corrected chi connectivity index (χ0v) is 17.4. The predicted molar refractivity (Wildman–Crippen MR) is 108 cm³/mol. The number of aromatic nitrogens is 3. The van der Waals surface area contributed by atoms with E-state index in [2.05, 4.69) is 10.1 Å². The maximum Gasteiger partial charge on any atom is 0.433 e. The van der Waals surface area contributed by atoms with Crippen LogP contribution in [0.25, 0.3) is 5.65 Å². The van der Waals surface area contributed by atoms with E-state index >= 15 is 0 Å². The average molecular weight is 465 g/mol. The molecule has 1 aromatic carbocycles. The molecule has 0 radical (unpaired) electrons. The van der Waals surface area contributed by atoms with Crippen molar-refractivity contribution in [1.29, 1.82) is 0 Å². The third-order valence-corrected chi connectivity index (χ3v) is 6.09. The summed E-state index contributed by atoms with van der Waals surface area (Å²) >= 11 is 0. The number of alkyl halides is 3. The predicted octanol–water partition coefficient (Wildman–Crippen LogP) is 3.86. The molecular formula is C22H20F5N5O. The monoisotopic (exact) mass is 465 g/mol. The van der Waals surface area contributed by atoms with Crippen LogP contribution in [0.1, 0.15) is 46.1 Å². The smallest absolute Gasteiger partial charge is 0.336 e. The van der Waals surface area contributed by atoms with Gasteiger partial charge in [-0.3, -0.25) is 9.69 Å². The van der Waals surface area contributed by atoms with E-state index in [1.165, 1.54) is 17.0 Å². The number of amides is 1. The normalized spacial score (nSPS) is 17.7. The number of halogens is 5. The van der Waals surface area contributed by atoms with Crippen molar-refractivity contribution in [1.82, 2.24) is 24.4 Å². The zero-order valence-electron chi connectivity index (χ0n) is 17.4. The van der Waals surface area contributed by atoms with Crippen LogP contribution in [0, 0.1) is 11.6 Å². The molecule has 33 heavy (non-hydrogen) atoms. The van der Waals surface area contributed by atoms with E-state index in [4.69, 9.17) is 0 Å². The van der Waals surface area contributed by atoms with Crippen LogP contribution in [0.4, 0.5) is 22.0 Å². The van der Waals surface area contributed by atoms with Gasteiger partial charge in [-0.05, 0) is 25.0 Å². The lowest BCUT2D eigenvalue weighted by Gasteiger charge is -2.34. The van der Waals surface area contributed by atoms with Gasteiger partial charge >= 0.3 is 6.18 Å². The van der Waals surface area contributed by atoms with Gasteiger partial charge in [0.2, 0.25) is 0 Å². The fourth-order valence-electron chi connectivity index (χ4n) is 4.11. The first-order valence-electron chi connectivity index (χ1n) is 10.6. The van der Waals surface area contributed by atoms with E-state index in [0.717, 1.165) is 31.2 Å². The maximum absolute atomic E-state index is 13.9. The van der Waals surface area contributed by atoms with Gasteiger partial charge in [0, 0.05) is 49.9 Å². The van der Waals surface area contributed by atoms with Gasteiger partial charge in [0.25, 0.3) is 5.91 Å². The summed E-state index contributed by atoms with van der Waals surface area (Å²) < 4.78 is 68.8. The van der Waals surface area contributed by atoms with Crippen LogP contribution in [0.5, 0.6) is 0 Å². The first kappa shape index (κ1) is 21.7. The summed E-state index contributed by atoms with van der Waals surface area (Å²) in [7, 11) is 0. The largest absolute Gasteiger partial charge is 0.433 e. The van der Waals surface area contributed by atoms with Crippen molar-refractivity contribution in [3.05, 3.63) is 64.6 Å². The van der Waals surface area contributed by atoms with E-state index in [0.29, 0.717) is 36.4 Å². The van der Waals surface area contributed by atoms with Gasteiger partial charge in [-0.15, -0.1) is 0 Å². The molecule has 0 N–H and O–H groups in total. The SMILES string of the molecule is O=C(c1cnn2c(C(F)(F)F)cc(C3CC3)nc12)N1CCN(Cc2cccc(F)c2F)CC1. The van der Waals surface area contributed by atoms with Crippen LogP contribution in [0.3, 0.4) is 0 Å². The number of benzene rings is 1. The van der Waals surface area contributed by atoms with Crippen molar-refractivity contribution in [2.75, 3.05) is 26.2 Å². The minimum absolute atomic E-state index is 0.0209. The van der Waals surface area contributed by atoms with E-state index in [1.807, 2.05) is 4.90 Å². The molecule has 0 atom stereocenters. The highest BCUT2D eigenvalue weighted by Crippen LogP contribution is 2.41. The first-order chi connectivity index (χ1) is 15.7. The molecule has 0 unspecified atom stereocenters. The number of rotatable bonds is 4. The van der Waals surface area contributed by atoms with E-state index in [-0.39, 0.29) is 29.2 Å². The molecule has 0 spiro atoms. The Balaban J connectivity index is 1.34. The highest BCUT2D eigenvalue weighted by atomic mass is 19.4. The Bertz CT molecular complexity index is 1210. The quantitative estimate of drug-likeness (QED) is 0.550. The molecule has 1 aliphatic heterocycles. The molecule has 5 rings (SSSR count). The van der Waals surface area contributed by atoms with Crippen molar-refractivity contribution >= 4 is 11.6 Å². The second-order valence-corrected chi connectivity index (χ2v) is 8.41. The van der Waals surface area contributed by atoms with Crippen molar-refractivity contribution in [2.45, 2.75) is 31.5 Å². The second-order valence-electron chi connectivity index (χ2n) is 8.41. The Morgan fingerprint density at radius 3 is 2.48 bits per heavy atom. The molecule has 2 aliphatic rings. The minimum Gasteiger partial charge on any atom is -0.336 e. The van der Waals surface area contributed by atoms with Gasteiger partial charge in [0.15, 0.2) is 17.3 Å². The molecule has 0 bridgehead atoms. The Morgan fingerprint density at radius 2 is 1.82 bits per heavy atom. The van der Waals surface area contributed by atoms with Crippen molar-refractivity contribution in [2.24, 2.45) is 0 Å². The molecule has 1 amide bonds. The van der Waals surface area contributed by atoms with Gasteiger partial charge in [0.1, 0.15) is 11.3 Å². The third-order valence-electron chi connectivity index (χ3n) is 6.09. The third kappa shape index (κ3) is 4.17. The zero-order chi connectivity index (χ0) is 23.3. The summed E-state index contributed by atoms with van der Waals surface area (Å²) in [6.45, 7) is 1.61. The molecule has 2 aromatic heterocycles. The summed E-state index contributed by atoms with van der Waals surface area (Å²) in [5.74, 6) is -2.28. The fraction of sp³-hybridized carbons (Fsp3) is 0.409. The highest BCUT2D eigenvalue weighted by Gasteiger charge is 2.38. The van der Waals surface area contributed by atoms with Crippen molar-refractivity contribution < 1.29 is 26.7 Å². The van der Waals surface area contributed by atoms with E-state index < -0.39 is 29.4 Å². The van der Waals surface area contributed by atoms with Crippen LogP contribution in [-0.2, 0) is 12.7 Å². The summed E-state index contributed by atoms with van der Waals surface area (Å²) in [6.07, 6.45) is -1.96. The van der Waals surface area contributed by atoms with Gasteiger partial charge in [0.05, 0.1) is 6.20 Å². The number of hydrogen-bond donors (Lipinski definition) is 0. The lowest BCUT2D eigenvalue weighted by molar-refractivity contribution is -0.142. The standard InChI is InChI=1S/C22H20F5N5O/c23-16-3-1-2-14(19(16)24)12-30-6-8-31(9-7-30)21(33)15-11-28-32-18(22(25,26)27)10-17(13-4-5-13)29-20(15)32/h1-3,10-11,13H,4-9,12H2. The summed E-state index contributed by atoms with van der Waals surface area (Å²) in [6, 6.07) is 5.02. The summed E-state index contributed by atoms with van der Waals surface area (Å²) in [5.41, 5.74) is -0.468. The van der Waals surface area contributed by atoms with Crippen LogP contribution >= 0.6 is 0 Å². The van der Waals surface area contributed by atoms with Gasteiger partial charge in [-0.1, -0.05) is 12.1 Å². The van der Waals surface area contributed by atoms with Crippen LogP contribution < -0.4 is 0 Å². The minimum atomic E-state index is -4.63. The van der Waals surface area contributed by atoms with Crippen LogP contribution in [0.15, 0.2) is 30.5 Å². The number of fused-ring (bicyclic) bond motifs is 1. The maximum atomic E-state index is 13.9. The lowest BCUT2D eigenvalue weighted by Crippen LogP contribution is -2.48. The number of carbonyl (C=O) groups excluding carboxylic acids is 1. The van der Waals surface area contributed by atoms with Crippen molar-refractivity contribution in [3.63, 3.8) is 0 Å². The number of piperazine rings is 1. The molecule has 1 saturated carbocycles. The molecular weight excluding hydrogens is 445 g/mol. The first-order valence-corrected chi connectivity index (χ1v) is 10.6. The molecule has 3 aromatic rings. The molecule has 1 saturated heterocycles. The molecule has 3 heterocycles. The van der Waals surface area contributed by atoms with Gasteiger partial charge < -0.3 is 4.90 Å². The fourth-order valence-corrected chi connectivity index (χ4v) is 4.11. The Hall–Kier alpha value is -3.08. The highest BCUT2D eigenvalue weighted by molar-refractivity contribution is 5.99. The molecule has 1 aliphatic carbocycles. The summed E-state index contributed by atoms with van der Waals surface area (Å²) in [5, 5.41) is 3.81. The lowest BCUT2D eigenvalue weighted by atomic mass is 10.1. The van der Waals surface area contributed by atoms with E-state index in [9.17, 15) is 26.7 Å². The topological polar surface area (TPSA) is 53.7 Å². The number of hydrogen-bond acceptors (Lipinski definition) is 4. The number of carbonyl (C=O) groups is 1. The van der Waals surface area contributed by atoms with Crippen molar-refractivity contribution in [3.8, 4) is 0 Å². The Kier molecular flexibility index (Phi) is 5.31. The average Bonchev–Trinajstić information content (AvgIpc) is 3.55. The van der Waals surface area contributed by atoms with Crippen LogP contribution in [-0.4, -0.2) is 56.5 Å². The van der Waals surface area contributed by atoms with Gasteiger partial charge in [-0.25, -0.2) is 18.3 Å². The van der Waals surface area contributed by atoms with Gasteiger partial charge in [-0.2, -0.15) is 18.3 Å². The van der Waals surface area contributed by atoms with Crippen LogP contribution in [0.2, 0.25) is 0 Å². The molecule has 6 nitrogen and oxygen atoms in total. The Labute approximate surface area is 185 Å².